The summed E-state index contributed by atoms with van der Waals surface area (Å²) in [7, 11) is 0. The second-order valence-electron chi connectivity index (χ2n) is 4.96. The lowest BCUT2D eigenvalue weighted by Crippen LogP contribution is -2.06. The molecule has 0 unspecified atom stereocenters. The SMILES string of the molecule is CCCCCCCCCOC(=O)c1cc(O)ccc1O. The number of carbonyl (C=O) groups excluding carboxylic acids is 1. The van der Waals surface area contributed by atoms with Crippen molar-refractivity contribution in [3.05, 3.63) is 23.8 Å². The van der Waals surface area contributed by atoms with Crippen LogP contribution in [0.1, 0.15) is 62.2 Å². The van der Waals surface area contributed by atoms with Crippen LogP contribution >= 0.6 is 0 Å². The van der Waals surface area contributed by atoms with Crippen LogP contribution in [0.4, 0.5) is 0 Å². The molecule has 0 aliphatic rings. The van der Waals surface area contributed by atoms with Gasteiger partial charge >= 0.3 is 5.97 Å². The normalized spacial score (nSPS) is 10.4. The molecule has 0 atom stereocenters. The van der Waals surface area contributed by atoms with Crippen LogP contribution in [-0.4, -0.2) is 22.8 Å². The topological polar surface area (TPSA) is 66.8 Å². The van der Waals surface area contributed by atoms with E-state index in [2.05, 4.69) is 6.92 Å². The van der Waals surface area contributed by atoms with Crippen LogP contribution in [0.5, 0.6) is 11.5 Å². The molecule has 4 heteroatoms. The Morgan fingerprint density at radius 3 is 2.40 bits per heavy atom. The van der Waals surface area contributed by atoms with Crippen molar-refractivity contribution in [1.29, 1.82) is 0 Å². The number of benzene rings is 1. The second kappa shape index (κ2) is 9.23. The molecule has 0 spiro atoms. The Morgan fingerprint density at radius 2 is 1.70 bits per heavy atom. The van der Waals surface area contributed by atoms with Crippen LogP contribution in [0.25, 0.3) is 0 Å². The maximum Gasteiger partial charge on any atom is 0.342 e. The van der Waals surface area contributed by atoms with Gasteiger partial charge in [-0.25, -0.2) is 4.79 Å². The van der Waals surface area contributed by atoms with Crippen molar-refractivity contribution < 1.29 is 19.7 Å². The molecule has 0 aliphatic heterocycles. The molecule has 0 saturated carbocycles. The summed E-state index contributed by atoms with van der Waals surface area (Å²) in [6, 6.07) is 3.81. The van der Waals surface area contributed by atoms with Crippen LogP contribution < -0.4 is 0 Å². The van der Waals surface area contributed by atoms with Crippen LogP contribution in [0.3, 0.4) is 0 Å². The van der Waals surface area contributed by atoms with Crippen molar-refractivity contribution in [3.8, 4) is 11.5 Å². The Morgan fingerprint density at radius 1 is 1.05 bits per heavy atom. The van der Waals surface area contributed by atoms with Gasteiger partial charge in [-0.05, 0) is 24.6 Å². The highest BCUT2D eigenvalue weighted by Crippen LogP contribution is 2.22. The Kier molecular flexibility index (Phi) is 7.55. The number of phenolic OH excluding ortho intramolecular Hbond substituents is 2. The quantitative estimate of drug-likeness (QED) is 0.407. The molecule has 1 rings (SSSR count). The van der Waals surface area contributed by atoms with Gasteiger partial charge in [0.05, 0.1) is 6.61 Å². The van der Waals surface area contributed by atoms with Gasteiger partial charge in [0.15, 0.2) is 0 Å². The second-order valence-corrected chi connectivity index (χ2v) is 4.96. The van der Waals surface area contributed by atoms with E-state index in [1.807, 2.05) is 0 Å². The molecule has 0 heterocycles. The largest absolute Gasteiger partial charge is 0.508 e. The number of phenols is 2. The van der Waals surface area contributed by atoms with Gasteiger partial charge in [0.2, 0.25) is 0 Å². The minimum absolute atomic E-state index is 0.00736. The van der Waals surface area contributed by atoms with E-state index in [4.69, 9.17) is 4.74 Å². The summed E-state index contributed by atoms with van der Waals surface area (Å²) in [4.78, 5) is 11.7. The van der Waals surface area contributed by atoms with Crippen molar-refractivity contribution in [2.75, 3.05) is 6.61 Å². The Bertz CT molecular complexity index is 415. The maximum atomic E-state index is 11.7. The number of hydrogen-bond donors (Lipinski definition) is 2. The number of hydrogen-bond acceptors (Lipinski definition) is 4. The third-order valence-corrected chi connectivity index (χ3v) is 3.18. The van der Waals surface area contributed by atoms with Gasteiger partial charge in [-0.3, -0.25) is 0 Å². The molecule has 1 aromatic rings. The first-order valence-corrected chi connectivity index (χ1v) is 7.34. The van der Waals surface area contributed by atoms with Crippen molar-refractivity contribution in [3.63, 3.8) is 0 Å². The molecule has 20 heavy (non-hydrogen) atoms. The van der Waals surface area contributed by atoms with Crippen molar-refractivity contribution in [2.45, 2.75) is 51.9 Å². The van der Waals surface area contributed by atoms with E-state index in [-0.39, 0.29) is 17.1 Å². The highest BCUT2D eigenvalue weighted by atomic mass is 16.5. The fourth-order valence-electron chi connectivity index (χ4n) is 1.99. The van der Waals surface area contributed by atoms with Gasteiger partial charge in [-0.1, -0.05) is 45.4 Å². The first-order valence-electron chi connectivity index (χ1n) is 7.34. The van der Waals surface area contributed by atoms with E-state index in [1.165, 1.54) is 43.9 Å². The van der Waals surface area contributed by atoms with Crippen molar-refractivity contribution in [2.24, 2.45) is 0 Å². The molecule has 0 aromatic heterocycles. The smallest absolute Gasteiger partial charge is 0.342 e. The van der Waals surface area contributed by atoms with E-state index in [1.54, 1.807) is 0 Å². The van der Waals surface area contributed by atoms with E-state index in [9.17, 15) is 15.0 Å². The Labute approximate surface area is 120 Å². The Balaban J connectivity index is 2.18. The summed E-state index contributed by atoms with van der Waals surface area (Å²) in [6.07, 6.45) is 8.06. The average Bonchev–Trinajstić information content (AvgIpc) is 2.44. The molecule has 2 N–H and O–H groups in total. The molecule has 0 amide bonds. The predicted molar refractivity (Wildman–Crippen MR) is 78.0 cm³/mol. The summed E-state index contributed by atoms with van der Waals surface area (Å²) in [5.41, 5.74) is 0.00736. The van der Waals surface area contributed by atoms with E-state index in [0.717, 1.165) is 19.3 Å². The number of ether oxygens (including phenoxy) is 1. The zero-order chi connectivity index (χ0) is 14.8. The van der Waals surface area contributed by atoms with Gasteiger partial charge in [-0.15, -0.1) is 0 Å². The summed E-state index contributed by atoms with van der Waals surface area (Å²) in [6.45, 7) is 2.54. The third kappa shape index (κ3) is 5.95. The van der Waals surface area contributed by atoms with Crippen molar-refractivity contribution in [1.82, 2.24) is 0 Å². The van der Waals surface area contributed by atoms with E-state index in [0.29, 0.717) is 6.61 Å². The number of unbranched alkanes of at least 4 members (excludes halogenated alkanes) is 6. The van der Waals surface area contributed by atoms with Crippen LogP contribution in [0.2, 0.25) is 0 Å². The van der Waals surface area contributed by atoms with Crippen LogP contribution in [-0.2, 0) is 4.74 Å². The number of esters is 1. The number of carbonyl (C=O) groups is 1. The molecule has 0 radical (unpaired) electrons. The monoisotopic (exact) mass is 280 g/mol. The minimum Gasteiger partial charge on any atom is -0.508 e. The standard InChI is InChI=1S/C16H24O4/c1-2-3-4-5-6-7-8-11-20-16(19)14-12-13(17)9-10-15(14)18/h9-10,12,17-18H,2-8,11H2,1H3. The molecular weight excluding hydrogens is 256 g/mol. The molecule has 0 aliphatic carbocycles. The fraction of sp³-hybridized carbons (Fsp3) is 0.562. The van der Waals surface area contributed by atoms with Crippen LogP contribution in [0.15, 0.2) is 18.2 Å². The third-order valence-electron chi connectivity index (χ3n) is 3.18. The van der Waals surface area contributed by atoms with Gasteiger partial charge in [0.25, 0.3) is 0 Å². The lowest BCUT2D eigenvalue weighted by molar-refractivity contribution is 0.0494. The predicted octanol–water partition coefficient (Wildman–Crippen LogP) is 4.01. The molecule has 0 bridgehead atoms. The van der Waals surface area contributed by atoms with Gasteiger partial charge < -0.3 is 14.9 Å². The lowest BCUT2D eigenvalue weighted by Gasteiger charge is -2.06. The number of aromatic hydroxyl groups is 2. The first kappa shape index (κ1) is 16.3. The maximum absolute atomic E-state index is 11.7. The Hall–Kier alpha value is -1.71. The van der Waals surface area contributed by atoms with E-state index < -0.39 is 5.97 Å². The fourth-order valence-corrected chi connectivity index (χ4v) is 1.99. The van der Waals surface area contributed by atoms with E-state index >= 15 is 0 Å². The molecule has 4 nitrogen and oxygen atoms in total. The van der Waals surface area contributed by atoms with Gasteiger partial charge in [0.1, 0.15) is 17.1 Å². The first-order chi connectivity index (χ1) is 9.65. The molecule has 0 fully saturated rings. The summed E-state index contributed by atoms with van der Waals surface area (Å²) in [5, 5.41) is 18.8. The molecule has 112 valence electrons. The molecule has 0 saturated heterocycles. The van der Waals surface area contributed by atoms with Crippen LogP contribution in [0, 0.1) is 0 Å². The van der Waals surface area contributed by atoms with Crippen molar-refractivity contribution >= 4 is 5.97 Å². The average molecular weight is 280 g/mol. The lowest BCUT2D eigenvalue weighted by atomic mass is 10.1. The summed E-state index contributed by atoms with van der Waals surface area (Å²) in [5.74, 6) is -0.831. The highest BCUT2D eigenvalue weighted by Gasteiger charge is 2.13. The zero-order valence-corrected chi connectivity index (χ0v) is 12.1. The molecule has 1 aromatic carbocycles. The minimum atomic E-state index is -0.593. The molecular formula is C16H24O4. The number of rotatable bonds is 9. The van der Waals surface area contributed by atoms with Gasteiger partial charge in [-0.2, -0.15) is 0 Å². The summed E-state index contributed by atoms with van der Waals surface area (Å²) >= 11 is 0. The zero-order valence-electron chi connectivity index (χ0n) is 12.1. The summed E-state index contributed by atoms with van der Waals surface area (Å²) < 4.78 is 5.08. The van der Waals surface area contributed by atoms with Gasteiger partial charge in [0, 0.05) is 0 Å². The highest BCUT2D eigenvalue weighted by molar-refractivity contribution is 5.92.